The molecular formula is C17H23ClN4O. The lowest BCUT2D eigenvalue weighted by molar-refractivity contribution is 0.217. The second-order valence-corrected chi connectivity index (χ2v) is 6.40. The van der Waals surface area contributed by atoms with Crippen LogP contribution in [0.15, 0.2) is 18.2 Å². The van der Waals surface area contributed by atoms with Gasteiger partial charge in [0, 0.05) is 19.5 Å². The first kappa shape index (κ1) is 16.3. The Bertz CT molecular complexity index is 671. The third kappa shape index (κ3) is 3.85. The fourth-order valence-electron chi connectivity index (χ4n) is 2.71. The summed E-state index contributed by atoms with van der Waals surface area (Å²) in [6, 6.07) is 5.95. The number of nitrogens with zero attached hydrogens (tertiary/aromatic N) is 3. The zero-order chi connectivity index (χ0) is 16.2. The Morgan fingerprint density at radius 1 is 1.35 bits per heavy atom. The Hall–Kier alpha value is -1.59. The molecule has 23 heavy (non-hydrogen) atoms. The van der Waals surface area contributed by atoms with Gasteiger partial charge in [-0.05, 0) is 37.5 Å². The first-order valence-electron chi connectivity index (χ1n) is 8.24. The quantitative estimate of drug-likeness (QED) is 0.843. The van der Waals surface area contributed by atoms with Gasteiger partial charge in [-0.25, -0.2) is 0 Å². The van der Waals surface area contributed by atoms with Gasteiger partial charge in [0.15, 0.2) is 0 Å². The second kappa shape index (κ2) is 7.32. The maximum atomic E-state index is 6.31. The molecule has 5 nitrogen and oxygen atoms in total. The molecule has 1 aliphatic rings. The van der Waals surface area contributed by atoms with Crippen molar-refractivity contribution in [2.24, 2.45) is 0 Å². The smallest absolute Gasteiger partial charge is 0.147 e. The molecule has 0 fully saturated rings. The number of ether oxygens (including phenoxy) is 1. The number of aromatic nitrogens is 3. The molecule has 0 aliphatic carbocycles. The van der Waals surface area contributed by atoms with Crippen LogP contribution in [0.25, 0.3) is 0 Å². The van der Waals surface area contributed by atoms with E-state index < -0.39 is 0 Å². The third-order valence-corrected chi connectivity index (χ3v) is 4.49. The van der Waals surface area contributed by atoms with E-state index >= 15 is 0 Å². The fourth-order valence-corrected chi connectivity index (χ4v) is 2.96. The molecule has 0 saturated carbocycles. The number of nitrogens with one attached hydrogen (secondary N) is 1. The molecule has 0 saturated heterocycles. The van der Waals surface area contributed by atoms with Crippen LogP contribution in [0.4, 0.5) is 0 Å². The Balaban J connectivity index is 1.55. The Morgan fingerprint density at radius 2 is 2.22 bits per heavy atom. The summed E-state index contributed by atoms with van der Waals surface area (Å²) in [5.41, 5.74) is 1.13. The van der Waals surface area contributed by atoms with Crippen LogP contribution in [0.2, 0.25) is 5.02 Å². The third-order valence-electron chi connectivity index (χ3n) is 4.20. The van der Waals surface area contributed by atoms with Gasteiger partial charge in [-0.3, -0.25) is 0 Å². The van der Waals surface area contributed by atoms with E-state index in [2.05, 4.69) is 27.0 Å². The van der Waals surface area contributed by atoms with Crippen molar-refractivity contribution in [1.82, 2.24) is 20.1 Å². The minimum atomic E-state index is 0.173. The molecule has 1 aliphatic heterocycles. The predicted molar refractivity (Wildman–Crippen MR) is 90.7 cm³/mol. The molecule has 1 atom stereocenters. The van der Waals surface area contributed by atoms with Crippen LogP contribution in [0.3, 0.4) is 0 Å². The van der Waals surface area contributed by atoms with Gasteiger partial charge in [0.2, 0.25) is 0 Å². The van der Waals surface area contributed by atoms with Gasteiger partial charge < -0.3 is 14.6 Å². The summed E-state index contributed by atoms with van der Waals surface area (Å²) in [6.45, 7) is 6.63. The molecule has 0 radical (unpaired) electrons. The number of halogens is 1. The topological polar surface area (TPSA) is 52.0 Å². The van der Waals surface area contributed by atoms with Crippen molar-refractivity contribution >= 4 is 11.6 Å². The molecule has 1 aromatic heterocycles. The first-order valence-corrected chi connectivity index (χ1v) is 8.62. The summed E-state index contributed by atoms with van der Waals surface area (Å²) in [4.78, 5) is 0. The lowest BCUT2D eigenvalue weighted by atomic mass is 10.2. The maximum absolute atomic E-state index is 6.31. The van der Waals surface area contributed by atoms with Crippen molar-refractivity contribution in [2.45, 2.75) is 58.8 Å². The minimum absolute atomic E-state index is 0.173. The number of benzene rings is 1. The SMILES string of the molecule is CC[C@@H](C)Oc1ccc(CNCc2nnc3n2CCC3)cc1Cl. The van der Waals surface area contributed by atoms with Gasteiger partial charge in [-0.1, -0.05) is 24.6 Å². The fraction of sp³-hybridized carbons (Fsp3) is 0.529. The number of hydrogen-bond donors (Lipinski definition) is 1. The van der Waals surface area contributed by atoms with Gasteiger partial charge >= 0.3 is 0 Å². The van der Waals surface area contributed by atoms with Crippen LogP contribution in [-0.2, 0) is 26.1 Å². The highest BCUT2D eigenvalue weighted by Crippen LogP contribution is 2.27. The van der Waals surface area contributed by atoms with Crippen LogP contribution in [0.1, 0.15) is 43.9 Å². The van der Waals surface area contributed by atoms with E-state index in [4.69, 9.17) is 16.3 Å². The van der Waals surface area contributed by atoms with Crippen LogP contribution >= 0.6 is 11.6 Å². The summed E-state index contributed by atoms with van der Waals surface area (Å²) < 4.78 is 8.00. The molecule has 0 unspecified atom stereocenters. The molecule has 1 aromatic carbocycles. The highest BCUT2D eigenvalue weighted by atomic mass is 35.5. The van der Waals surface area contributed by atoms with Crippen LogP contribution in [0, 0.1) is 0 Å². The van der Waals surface area contributed by atoms with E-state index in [-0.39, 0.29) is 6.10 Å². The van der Waals surface area contributed by atoms with E-state index in [1.54, 1.807) is 0 Å². The summed E-state index contributed by atoms with van der Waals surface area (Å²) in [6.07, 6.45) is 3.35. The molecule has 124 valence electrons. The highest BCUT2D eigenvalue weighted by molar-refractivity contribution is 6.32. The standard InChI is InChI=1S/C17H23ClN4O/c1-3-12(2)23-15-7-6-13(9-14(15)18)10-19-11-17-21-20-16-5-4-8-22(16)17/h6-7,9,12,19H,3-5,8,10-11H2,1-2H3/t12-/m1/s1. The van der Waals surface area contributed by atoms with Crippen molar-refractivity contribution in [2.75, 3.05) is 0 Å². The number of rotatable bonds is 7. The zero-order valence-electron chi connectivity index (χ0n) is 13.7. The molecule has 0 spiro atoms. The zero-order valence-corrected chi connectivity index (χ0v) is 14.4. The highest BCUT2D eigenvalue weighted by Gasteiger charge is 2.16. The van der Waals surface area contributed by atoms with Crippen molar-refractivity contribution in [3.05, 3.63) is 40.4 Å². The number of aryl methyl sites for hydroxylation is 1. The van der Waals surface area contributed by atoms with E-state index in [1.807, 2.05) is 25.1 Å². The average molecular weight is 335 g/mol. The molecule has 0 amide bonds. The minimum Gasteiger partial charge on any atom is -0.489 e. The predicted octanol–water partition coefficient (Wildman–Crippen LogP) is 3.34. The van der Waals surface area contributed by atoms with Crippen molar-refractivity contribution in [1.29, 1.82) is 0 Å². The van der Waals surface area contributed by atoms with E-state index in [0.717, 1.165) is 55.4 Å². The molecule has 0 bridgehead atoms. The van der Waals surface area contributed by atoms with E-state index in [1.165, 1.54) is 6.42 Å². The summed E-state index contributed by atoms with van der Waals surface area (Å²) in [7, 11) is 0. The Kier molecular flexibility index (Phi) is 5.18. The summed E-state index contributed by atoms with van der Waals surface area (Å²) >= 11 is 6.31. The summed E-state index contributed by atoms with van der Waals surface area (Å²) in [5.74, 6) is 2.87. The molecule has 1 N–H and O–H groups in total. The molecular weight excluding hydrogens is 312 g/mol. The van der Waals surface area contributed by atoms with E-state index in [0.29, 0.717) is 5.02 Å². The molecule has 2 heterocycles. The van der Waals surface area contributed by atoms with Gasteiger partial charge in [-0.2, -0.15) is 0 Å². The molecule has 3 rings (SSSR count). The van der Waals surface area contributed by atoms with Gasteiger partial charge in [0.1, 0.15) is 17.4 Å². The van der Waals surface area contributed by atoms with Gasteiger partial charge in [-0.15, -0.1) is 10.2 Å². The monoisotopic (exact) mass is 334 g/mol. The summed E-state index contributed by atoms with van der Waals surface area (Å²) in [5, 5.41) is 12.5. The largest absolute Gasteiger partial charge is 0.489 e. The molecule has 2 aromatic rings. The Morgan fingerprint density at radius 3 is 3.00 bits per heavy atom. The lowest BCUT2D eigenvalue weighted by Crippen LogP contribution is -2.16. The van der Waals surface area contributed by atoms with Gasteiger partial charge in [0.05, 0.1) is 17.7 Å². The number of hydrogen-bond acceptors (Lipinski definition) is 4. The lowest BCUT2D eigenvalue weighted by Gasteiger charge is -2.14. The van der Waals surface area contributed by atoms with E-state index in [9.17, 15) is 0 Å². The van der Waals surface area contributed by atoms with Crippen LogP contribution in [-0.4, -0.2) is 20.9 Å². The van der Waals surface area contributed by atoms with Crippen LogP contribution < -0.4 is 10.1 Å². The maximum Gasteiger partial charge on any atom is 0.147 e. The van der Waals surface area contributed by atoms with Gasteiger partial charge in [0.25, 0.3) is 0 Å². The average Bonchev–Trinajstić information content (AvgIpc) is 3.14. The van der Waals surface area contributed by atoms with Crippen molar-refractivity contribution in [3.63, 3.8) is 0 Å². The van der Waals surface area contributed by atoms with Crippen LogP contribution in [0.5, 0.6) is 5.75 Å². The normalized spacial score (nSPS) is 14.7. The second-order valence-electron chi connectivity index (χ2n) is 5.99. The van der Waals surface area contributed by atoms with Crippen molar-refractivity contribution in [3.8, 4) is 5.75 Å². The first-order chi connectivity index (χ1) is 11.2. The Labute approximate surface area is 142 Å². The molecule has 6 heteroatoms. The van der Waals surface area contributed by atoms with Crippen molar-refractivity contribution < 1.29 is 4.74 Å². The number of fused-ring (bicyclic) bond motifs is 1.